The molecule has 1 aromatic carbocycles. The number of rotatable bonds is 3. The Morgan fingerprint density at radius 2 is 2.05 bits per heavy atom. The molecule has 0 unspecified atom stereocenters. The first-order valence-corrected chi connectivity index (χ1v) is 6.26. The molecule has 0 spiro atoms. The predicted molar refractivity (Wildman–Crippen MR) is 71.3 cm³/mol. The molecule has 0 fully saturated rings. The van der Waals surface area contributed by atoms with Gasteiger partial charge in [0.15, 0.2) is 0 Å². The van der Waals surface area contributed by atoms with Gasteiger partial charge in [-0.15, -0.1) is 10.2 Å². The Kier molecular flexibility index (Phi) is 3.87. The van der Waals surface area contributed by atoms with E-state index in [2.05, 4.69) is 15.5 Å². The van der Waals surface area contributed by atoms with Gasteiger partial charge in [-0.05, 0) is 39.0 Å². The van der Waals surface area contributed by atoms with E-state index in [1.807, 2.05) is 20.8 Å². The maximum atomic E-state index is 13.6. The van der Waals surface area contributed by atoms with E-state index >= 15 is 0 Å². The molecule has 1 N–H and O–H groups in total. The molecule has 2 rings (SSSR count). The Balaban J connectivity index is 2.19. The lowest BCUT2D eigenvalue weighted by Crippen LogP contribution is -2.35. The van der Waals surface area contributed by atoms with Crippen LogP contribution in [-0.4, -0.2) is 15.7 Å². The first-order valence-electron chi connectivity index (χ1n) is 5.88. The van der Waals surface area contributed by atoms with E-state index in [-0.39, 0.29) is 17.0 Å². The summed E-state index contributed by atoms with van der Waals surface area (Å²) in [5.74, 6) is 0.0957. The highest BCUT2D eigenvalue weighted by atomic mass is 35.5. The van der Waals surface area contributed by atoms with Crippen molar-refractivity contribution in [2.75, 3.05) is 0 Å². The fourth-order valence-electron chi connectivity index (χ4n) is 1.44. The van der Waals surface area contributed by atoms with E-state index in [1.54, 1.807) is 0 Å². The molecule has 0 atom stereocenters. The van der Waals surface area contributed by atoms with E-state index in [0.29, 0.717) is 17.5 Å². The molecule has 102 valence electrons. The van der Waals surface area contributed by atoms with E-state index in [1.165, 1.54) is 18.2 Å². The molecule has 0 saturated heterocycles. The van der Waals surface area contributed by atoms with Crippen molar-refractivity contribution in [2.45, 2.75) is 32.9 Å². The summed E-state index contributed by atoms with van der Waals surface area (Å²) >= 11 is 5.83. The number of halogens is 2. The lowest BCUT2D eigenvalue weighted by Gasteiger charge is -2.18. The summed E-state index contributed by atoms with van der Waals surface area (Å²) in [6, 6.07) is 4.21. The largest absolute Gasteiger partial charge is 0.419 e. The highest BCUT2D eigenvalue weighted by molar-refractivity contribution is 6.30. The Labute approximate surface area is 116 Å². The quantitative estimate of drug-likeness (QED) is 0.938. The van der Waals surface area contributed by atoms with Gasteiger partial charge >= 0.3 is 0 Å². The van der Waals surface area contributed by atoms with Crippen LogP contribution < -0.4 is 5.32 Å². The van der Waals surface area contributed by atoms with Crippen molar-refractivity contribution in [3.05, 3.63) is 34.9 Å². The van der Waals surface area contributed by atoms with Crippen LogP contribution in [0.25, 0.3) is 11.5 Å². The van der Waals surface area contributed by atoms with Crippen LogP contribution in [0.15, 0.2) is 22.6 Å². The summed E-state index contributed by atoms with van der Waals surface area (Å²) in [4.78, 5) is 0. The Morgan fingerprint density at radius 1 is 1.32 bits per heavy atom. The average molecular weight is 284 g/mol. The van der Waals surface area contributed by atoms with Gasteiger partial charge < -0.3 is 9.73 Å². The molecule has 0 aliphatic carbocycles. The number of hydrogen-bond acceptors (Lipinski definition) is 4. The van der Waals surface area contributed by atoms with Crippen LogP contribution in [0.2, 0.25) is 5.02 Å². The van der Waals surface area contributed by atoms with Crippen molar-refractivity contribution in [1.29, 1.82) is 0 Å². The van der Waals surface area contributed by atoms with Crippen molar-refractivity contribution >= 4 is 11.6 Å². The molecule has 0 radical (unpaired) electrons. The zero-order valence-corrected chi connectivity index (χ0v) is 11.8. The first-order chi connectivity index (χ1) is 8.85. The summed E-state index contributed by atoms with van der Waals surface area (Å²) < 4.78 is 19.1. The first kappa shape index (κ1) is 14.0. The summed E-state index contributed by atoms with van der Waals surface area (Å²) in [6.45, 7) is 6.52. The van der Waals surface area contributed by atoms with E-state index in [0.717, 1.165) is 0 Å². The molecule has 19 heavy (non-hydrogen) atoms. The topological polar surface area (TPSA) is 51.0 Å². The maximum absolute atomic E-state index is 13.6. The van der Waals surface area contributed by atoms with Gasteiger partial charge in [0, 0.05) is 10.6 Å². The minimum absolute atomic E-state index is 0.0596. The zero-order valence-electron chi connectivity index (χ0n) is 11.0. The predicted octanol–water partition coefficient (Wildman–Crippen LogP) is 3.42. The van der Waals surface area contributed by atoms with Crippen LogP contribution in [0, 0.1) is 5.82 Å². The van der Waals surface area contributed by atoms with Crippen molar-refractivity contribution < 1.29 is 8.81 Å². The molecule has 1 heterocycles. The minimum Gasteiger partial charge on any atom is -0.419 e. The van der Waals surface area contributed by atoms with E-state index in [4.69, 9.17) is 16.0 Å². The molecule has 0 amide bonds. The van der Waals surface area contributed by atoms with Crippen molar-refractivity contribution in [1.82, 2.24) is 15.5 Å². The number of hydrogen-bond donors (Lipinski definition) is 1. The number of benzene rings is 1. The molecule has 4 nitrogen and oxygen atoms in total. The molecule has 0 bridgehead atoms. The molecule has 6 heteroatoms. The van der Waals surface area contributed by atoms with Gasteiger partial charge in [0.1, 0.15) is 5.82 Å². The van der Waals surface area contributed by atoms with Gasteiger partial charge in [0.05, 0.1) is 12.1 Å². The van der Waals surface area contributed by atoms with Crippen LogP contribution in [-0.2, 0) is 6.54 Å². The monoisotopic (exact) mass is 283 g/mol. The normalized spacial score (nSPS) is 11.8. The van der Waals surface area contributed by atoms with Crippen molar-refractivity contribution in [3.8, 4) is 11.5 Å². The lowest BCUT2D eigenvalue weighted by atomic mass is 10.1. The summed E-state index contributed by atoms with van der Waals surface area (Å²) in [6.07, 6.45) is 0. The van der Waals surface area contributed by atoms with Crippen LogP contribution in [0.4, 0.5) is 4.39 Å². The number of nitrogens with one attached hydrogen (secondary N) is 1. The number of aromatic nitrogens is 2. The third-order valence-electron chi connectivity index (χ3n) is 2.40. The molecule has 0 aliphatic rings. The van der Waals surface area contributed by atoms with Crippen molar-refractivity contribution in [3.63, 3.8) is 0 Å². The molecule has 2 aromatic rings. The van der Waals surface area contributed by atoms with Crippen molar-refractivity contribution in [2.24, 2.45) is 0 Å². The van der Waals surface area contributed by atoms with Gasteiger partial charge in [0.2, 0.25) is 5.89 Å². The zero-order chi connectivity index (χ0) is 14.0. The van der Waals surface area contributed by atoms with Crippen LogP contribution in [0.5, 0.6) is 0 Å². The van der Waals surface area contributed by atoms with Gasteiger partial charge in [-0.2, -0.15) is 0 Å². The second kappa shape index (κ2) is 5.27. The fraction of sp³-hybridized carbons (Fsp3) is 0.385. The summed E-state index contributed by atoms with van der Waals surface area (Å²) in [5, 5.41) is 11.3. The third-order valence-corrected chi connectivity index (χ3v) is 2.63. The van der Waals surface area contributed by atoms with Crippen LogP contribution >= 0.6 is 11.6 Å². The Morgan fingerprint density at radius 3 is 2.74 bits per heavy atom. The highest BCUT2D eigenvalue weighted by Gasteiger charge is 2.15. The van der Waals surface area contributed by atoms with E-state index in [9.17, 15) is 4.39 Å². The number of nitrogens with zero attached hydrogens (tertiary/aromatic N) is 2. The second-order valence-corrected chi connectivity index (χ2v) is 5.67. The maximum Gasteiger partial charge on any atom is 0.250 e. The standard InChI is InChI=1S/C13H15ClFN3O/c1-13(2,3)16-7-11-17-18-12(19-11)9-6-8(14)4-5-10(9)15/h4-6,16H,7H2,1-3H3. The molecule has 0 aliphatic heterocycles. The van der Waals surface area contributed by atoms with Crippen LogP contribution in [0.1, 0.15) is 26.7 Å². The average Bonchev–Trinajstić information content (AvgIpc) is 2.77. The smallest absolute Gasteiger partial charge is 0.250 e. The van der Waals surface area contributed by atoms with Gasteiger partial charge in [0.25, 0.3) is 5.89 Å². The molecule has 1 aromatic heterocycles. The summed E-state index contributed by atoms with van der Waals surface area (Å²) in [7, 11) is 0. The summed E-state index contributed by atoms with van der Waals surface area (Å²) in [5.41, 5.74) is 0.151. The van der Waals surface area contributed by atoms with Crippen LogP contribution in [0.3, 0.4) is 0 Å². The fourth-order valence-corrected chi connectivity index (χ4v) is 1.61. The SMILES string of the molecule is CC(C)(C)NCc1nnc(-c2cc(Cl)ccc2F)o1. The second-order valence-electron chi connectivity index (χ2n) is 5.23. The molecular formula is C13H15ClFN3O. The Bertz CT molecular complexity index is 578. The molecular weight excluding hydrogens is 269 g/mol. The molecule has 0 saturated carbocycles. The van der Waals surface area contributed by atoms with Gasteiger partial charge in [-0.3, -0.25) is 0 Å². The minimum atomic E-state index is -0.441. The highest BCUT2D eigenvalue weighted by Crippen LogP contribution is 2.24. The van der Waals surface area contributed by atoms with Gasteiger partial charge in [-0.25, -0.2) is 4.39 Å². The van der Waals surface area contributed by atoms with Gasteiger partial charge in [-0.1, -0.05) is 11.6 Å². The Hall–Kier alpha value is -1.46. The lowest BCUT2D eigenvalue weighted by molar-refractivity contribution is 0.383. The van der Waals surface area contributed by atoms with E-state index < -0.39 is 5.82 Å². The third kappa shape index (κ3) is 3.75.